The number of benzene rings is 1. The van der Waals surface area contributed by atoms with E-state index in [9.17, 15) is 0 Å². The number of para-hydroxylation sites is 1. The molecule has 1 aliphatic rings. The van der Waals surface area contributed by atoms with Crippen LogP contribution in [0.5, 0.6) is 11.5 Å². The molecule has 0 N–H and O–H groups in total. The highest BCUT2D eigenvalue weighted by atomic mass is 35.5. The number of halogens is 1. The van der Waals surface area contributed by atoms with Gasteiger partial charge in [0.1, 0.15) is 0 Å². The smallest absolute Gasteiger partial charge is 0.165 e. The molecule has 0 amide bonds. The Kier molecular flexibility index (Phi) is 4.55. The van der Waals surface area contributed by atoms with Gasteiger partial charge in [-0.1, -0.05) is 18.6 Å². The van der Waals surface area contributed by atoms with Crippen LogP contribution < -0.4 is 9.47 Å². The van der Waals surface area contributed by atoms with Gasteiger partial charge in [0.25, 0.3) is 0 Å². The van der Waals surface area contributed by atoms with Crippen LogP contribution in [0, 0.1) is 0 Å². The third-order valence-electron chi connectivity index (χ3n) is 3.26. The Balaban J connectivity index is 2.16. The summed E-state index contributed by atoms with van der Waals surface area (Å²) in [6.45, 7) is 0. The Morgan fingerprint density at radius 2 is 2.00 bits per heavy atom. The minimum atomic E-state index is 0.321. The maximum absolute atomic E-state index is 6.09. The summed E-state index contributed by atoms with van der Waals surface area (Å²) in [7, 11) is 1.67. The van der Waals surface area contributed by atoms with E-state index in [1.807, 2.05) is 18.2 Å². The summed E-state index contributed by atoms with van der Waals surface area (Å²) in [5.41, 5.74) is 1.01. The molecule has 0 heterocycles. The van der Waals surface area contributed by atoms with E-state index in [-0.39, 0.29) is 0 Å². The van der Waals surface area contributed by atoms with Crippen LogP contribution in [0.2, 0.25) is 0 Å². The molecule has 2 rings (SSSR count). The van der Waals surface area contributed by atoms with Crippen molar-refractivity contribution in [3.63, 3.8) is 0 Å². The summed E-state index contributed by atoms with van der Waals surface area (Å²) in [5.74, 6) is 2.07. The zero-order chi connectivity index (χ0) is 12.1. The van der Waals surface area contributed by atoms with Crippen molar-refractivity contribution in [1.82, 2.24) is 0 Å². The van der Waals surface area contributed by atoms with E-state index in [4.69, 9.17) is 21.1 Å². The summed E-state index contributed by atoms with van der Waals surface area (Å²) >= 11 is 5.94. The second-order valence-electron chi connectivity index (χ2n) is 4.46. The van der Waals surface area contributed by atoms with Gasteiger partial charge in [-0.05, 0) is 31.7 Å². The number of hydrogen-bond acceptors (Lipinski definition) is 2. The highest BCUT2D eigenvalue weighted by molar-refractivity contribution is 6.17. The lowest BCUT2D eigenvalue weighted by atomic mass is 9.97. The highest BCUT2D eigenvalue weighted by Gasteiger charge is 2.18. The number of rotatable bonds is 4. The largest absolute Gasteiger partial charge is 0.493 e. The standard InChI is InChI=1S/C14H19ClO2/c1-16-13-9-5-6-11(10-15)14(13)17-12-7-3-2-4-8-12/h5-6,9,12H,2-4,7-8,10H2,1H3. The SMILES string of the molecule is COc1cccc(CCl)c1OC1CCCCC1. The zero-order valence-corrected chi connectivity index (χ0v) is 11.0. The topological polar surface area (TPSA) is 18.5 Å². The molecule has 17 heavy (non-hydrogen) atoms. The van der Waals surface area contributed by atoms with E-state index >= 15 is 0 Å². The van der Waals surface area contributed by atoms with Crippen molar-refractivity contribution in [2.24, 2.45) is 0 Å². The van der Waals surface area contributed by atoms with Crippen molar-refractivity contribution in [3.05, 3.63) is 23.8 Å². The van der Waals surface area contributed by atoms with Gasteiger partial charge in [-0.2, -0.15) is 0 Å². The van der Waals surface area contributed by atoms with Gasteiger partial charge >= 0.3 is 0 Å². The maximum Gasteiger partial charge on any atom is 0.165 e. The first-order valence-corrected chi connectivity index (χ1v) is 6.77. The van der Waals surface area contributed by atoms with Gasteiger partial charge in [0.15, 0.2) is 11.5 Å². The van der Waals surface area contributed by atoms with Gasteiger partial charge in [-0.3, -0.25) is 0 Å². The van der Waals surface area contributed by atoms with Gasteiger partial charge in [0, 0.05) is 5.56 Å². The molecular formula is C14H19ClO2. The molecule has 1 aromatic carbocycles. The fraction of sp³-hybridized carbons (Fsp3) is 0.571. The minimum absolute atomic E-state index is 0.321. The Morgan fingerprint density at radius 3 is 2.65 bits per heavy atom. The molecule has 0 atom stereocenters. The van der Waals surface area contributed by atoms with Crippen LogP contribution in [0.1, 0.15) is 37.7 Å². The maximum atomic E-state index is 6.09. The predicted octanol–water partition coefficient (Wildman–Crippen LogP) is 4.15. The summed E-state index contributed by atoms with van der Waals surface area (Å²) in [4.78, 5) is 0. The van der Waals surface area contributed by atoms with E-state index in [1.165, 1.54) is 19.3 Å². The van der Waals surface area contributed by atoms with Crippen molar-refractivity contribution in [1.29, 1.82) is 0 Å². The number of alkyl halides is 1. The lowest BCUT2D eigenvalue weighted by Crippen LogP contribution is -2.20. The molecule has 0 radical (unpaired) electrons. The molecule has 1 saturated carbocycles. The molecule has 0 aromatic heterocycles. The first-order valence-electron chi connectivity index (χ1n) is 6.23. The molecule has 2 nitrogen and oxygen atoms in total. The van der Waals surface area contributed by atoms with E-state index in [1.54, 1.807) is 7.11 Å². The molecule has 1 aliphatic carbocycles. The molecule has 94 valence electrons. The van der Waals surface area contributed by atoms with Crippen molar-refractivity contribution in [2.45, 2.75) is 44.1 Å². The van der Waals surface area contributed by atoms with Gasteiger partial charge < -0.3 is 9.47 Å². The van der Waals surface area contributed by atoms with E-state index < -0.39 is 0 Å². The number of methoxy groups -OCH3 is 1. The quantitative estimate of drug-likeness (QED) is 0.752. The van der Waals surface area contributed by atoms with E-state index in [0.29, 0.717) is 12.0 Å². The van der Waals surface area contributed by atoms with Gasteiger partial charge in [-0.15, -0.1) is 11.6 Å². The third-order valence-corrected chi connectivity index (χ3v) is 3.55. The normalized spacial score (nSPS) is 16.8. The minimum Gasteiger partial charge on any atom is -0.493 e. The fourth-order valence-corrected chi connectivity index (χ4v) is 2.52. The molecular weight excluding hydrogens is 236 g/mol. The molecule has 1 fully saturated rings. The van der Waals surface area contributed by atoms with Crippen molar-refractivity contribution in [2.75, 3.05) is 7.11 Å². The van der Waals surface area contributed by atoms with Crippen LogP contribution in [-0.2, 0) is 5.88 Å². The number of ether oxygens (including phenoxy) is 2. The summed E-state index contributed by atoms with van der Waals surface area (Å²) in [6.07, 6.45) is 6.45. The van der Waals surface area contributed by atoms with Crippen LogP contribution >= 0.6 is 11.6 Å². The molecule has 3 heteroatoms. The Bertz CT molecular complexity index is 337. The number of hydrogen-bond donors (Lipinski definition) is 0. The van der Waals surface area contributed by atoms with Crippen LogP contribution in [-0.4, -0.2) is 13.2 Å². The Morgan fingerprint density at radius 1 is 1.24 bits per heavy atom. The van der Waals surface area contributed by atoms with Gasteiger partial charge in [0.2, 0.25) is 0 Å². The second-order valence-corrected chi connectivity index (χ2v) is 4.73. The summed E-state index contributed by atoms with van der Waals surface area (Å²) < 4.78 is 11.4. The zero-order valence-electron chi connectivity index (χ0n) is 10.2. The molecule has 1 aromatic rings. The molecule has 0 saturated heterocycles. The van der Waals surface area contributed by atoms with E-state index in [0.717, 1.165) is 29.9 Å². The van der Waals surface area contributed by atoms with Gasteiger partial charge in [0.05, 0.1) is 19.1 Å². The molecule has 0 bridgehead atoms. The fourth-order valence-electron chi connectivity index (χ4n) is 2.31. The van der Waals surface area contributed by atoms with Crippen molar-refractivity contribution < 1.29 is 9.47 Å². The average Bonchev–Trinajstić information content (AvgIpc) is 2.40. The first kappa shape index (κ1) is 12.6. The summed E-state index contributed by atoms with van der Waals surface area (Å²) in [5, 5.41) is 0. The lowest BCUT2D eigenvalue weighted by molar-refractivity contribution is 0.148. The third kappa shape index (κ3) is 3.06. The molecule has 0 aliphatic heterocycles. The van der Waals surface area contributed by atoms with Crippen molar-refractivity contribution in [3.8, 4) is 11.5 Å². The van der Waals surface area contributed by atoms with Crippen molar-refractivity contribution >= 4 is 11.6 Å². The molecule has 0 unspecified atom stereocenters. The van der Waals surface area contributed by atoms with E-state index in [2.05, 4.69) is 0 Å². The van der Waals surface area contributed by atoms with Crippen LogP contribution in [0.15, 0.2) is 18.2 Å². The van der Waals surface area contributed by atoms with Crippen LogP contribution in [0.4, 0.5) is 0 Å². The second kappa shape index (κ2) is 6.15. The first-order chi connectivity index (χ1) is 8.35. The van der Waals surface area contributed by atoms with Crippen LogP contribution in [0.3, 0.4) is 0 Å². The monoisotopic (exact) mass is 254 g/mol. The average molecular weight is 255 g/mol. The molecule has 0 spiro atoms. The Labute approximate surface area is 108 Å². The predicted molar refractivity (Wildman–Crippen MR) is 70.1 cm³/mol. The Hall–Kier alpha value is -0.890. The highest BCUT2D eigenvalue weighted by Crippen LogP contribution is 2.35. The van der Waals surface area contributed by atoms with Crippen LogP contribution in [0.25, 0.3) is 0 Å². The summed E-state index contributed by atoms with van der Waals surface area (Å²) in [6, 6.07) is 5.87. The van der Waals surface area contributed by atoms with Gasteiger partial charge in [-0.25, -0.2) is 0 Å². The lowest BCUT2D eigenvalue weighted by Gasteiger charge is -2.25.